The first kappa shape index (κ1) is 24.4. The van der Waals surface area contributed by atoms with Crippen LogP contribution >= 0.6 is 11.6 Å². The number of fused-ring (bicyclic) bond motifs is 1. The third kappa shape index (κ3) is 5.38. The van der Waals surface area contributed by atoms with Crippen molar-refractivity contribution in [2.75, 3.05) is 18.5 Å². The number of hydrogen-bond acceptors (Lipinski definition) is 9. The summed E-state index contributed by atoms with van der Waals surface area (Å²) in [5, 5.41) is 30.3. The molecule has 2 aromatic rings. The largest absolute Gasteiger partial charge is 0.481 e. The predicted octanol–water partition coefficient (Wildman–Crippen LogP) is 1.34. The van der Waals surface area contributed by atoms with Crippen molar-refractivity contribution >= 4 is 34.6 Å². The Morgan fingerprint density at radius 1 is 1.25 bits per heavy atom. The van der Waals surface area contributed by atoms with Gasteiger partial charge >= 0.3 is 6.18 Å². The van der Waals surface area contributed by atoms with Gasteiger partial charge in [-0.3, -0.25) is 9.36 Å². The second-order valence-electron chi connectivity index (χ2n) is 7.19. The minimum Gasteiger partial charge on any atom is -0.481 e. The van der Waals surface area contributed by atoms with Crippen LogP contribution < -0.4 is 5.32 Å². The number of nitrogens with one attached hydrogen (secondary N) is 1. The number of nitrogens with zero attached hydrogens (tertiary/aromatic N) is 4. The Kier molecular flexibility index (Phi) is 7.39. The lowest BCUT2D eigenvalue weighted by Gasteiger charge is -2.23. The molecule has 0 saturated carbocycles. The number of hydrogen-bond donors (Lipinski definition) is 4. The van der Waals surface area contributed by atoms with Crippen molar-refractivity contribution in [3.63, 3.8) is 0 Å². The van der Waals surface area contributed by atoms with Gasteiger partial charge in [-0.2, -0.15) is 23.1 Å². The third-order valence-corrected chi connectivity index (χ3v) is 4.96. The lowest BCUT2D eigenvalue weighted by atomic mass is 10.1. The van der Waals surface area contributed by atoms with E-state index in [1.165, 1.54) is 6.33 Å². The highest BCUT2D eigenvalue weighted by atomic mass is 35.5. The lowest BCUT2D eigenvalue weighted by molar-refractivity contribution is -0.236. The Morgan fingerprint density at radius 2 is 1.88 bits per heavy atom. The Morgan fingerprint density at radius 3 is 2.44 bits per heavy atom. The van der Waals surface area contributed by atoms with Gasteiger partial charge in [0.25, 0.3) is 5.97 Å². The second-order valence-corrected chi connectivity index (χ2v) is 7.52. The van der Waals surface area contributed by atoms with E-state index in [-0.39, 0.29) is 22.5 Å². The van der Waals surface area contributed by atoms with Gasteiger partial charge in [0, 0.05) is 26.2 Å². The van der Waals surface area contributed by atoms with Crippen LogP contribution in [0, 0.1) is 0 Å². The summed E-state index contributed by atoms with van der Waals surface area (Å²) >= 11 is 5.98. The second kappa shape index (κ2) is 9.70. The average Bonchev–Trinajstić information content (AvgIpc) is 3.23. The molecule has 2 fully saturated rings. The van der Waals surface area contributed by atoms with Gasteiger partial charge in [-0.25, -0.2) is 4.98 Å². The summed E-state index contributed by atoms with van der Waals surface area (Å²) in [6, 6.07) is 0.0674. The minimum absolute atomic E-state index is 0.0674. The van der Waals surface area contributed by atoms with Crippen molar-refractivity contribution in [2.45, 2.75) is 56.5 Å². The Bertz CT molecular complexity index is 951. The Labute approximate surface area is 184 Å². The zero-order chi connectivity index (χ0) is 23.6. The summed E-state index contributed by atoms with van der Waals surface area (Å²) in [7, 11) is 0. The summed E-state index contributed by atoms with van der Waals surface area (Å²) < 4.78 is 50.3. The standard InChI is InChI=1S/C15H17ClF3N5O4.C2H4O2/c16-14-22-11(21-6-1-3-27-4-2-6)7-12(23-14)24(5-20-7)13-9(26)8(25)10(28-13)15(17,18)19;1-2(3)4/h5-6,8-10,13,25-26H,1-4H2,(H,21,22,23);1H3,(H,3,4)/t8-,9+,10-,13+;/m0./s1. The number of aliphatic hydroxyl groups is 2. The fourth-order valence-electron chi connectivity index (χ4n) is 3.37. The molecule has 11 nitrogen and oxygen atoms in total. The molecule has 2 aromatic heterocycles. The topological polar surface area (TPSA) is 152 Å². The number of aliphatic carboxylic acids is 1. The molecular formula is C17H21ClF3N5O6. The fraction of sp³-hybridized carbons (Fsp3) is 0.647. The molecule has 0 amide bonds. The van der Waals surface area contributed by atoms with E-state index >= 15 is 0 Å². The quantitative estimate of drug-likeness (QED) is 0.470. The summed E-state index contributed by atoms with van der Waals surface area (Å²) in [6.07, 6.45) is -10.2. The molecule has 4 atom stereocenters. The smallest absolute Gasteiger partial charge is 0.417 e. The number of alkyl halides is 3. The third-order valence-electron chi connectivity index (χ3n) is 4.79. The number of carboxylic acids is 1. The van der Waals surface area contributed by atoms with Crippen LogP contribution in [0.25, 0.3) is 11.2 Å². The highest BCUT2D eigenvalue weighted by Crippen LogP contribution is 2.39. The molecule has 4 heterocycles. The van der Waals surface area contributed by atoms with Crippen LogP contribution in [-0.4, -0.2) is 84.6 Å². The molecule has 15 heteroatoms. The van der Waals surface area contributed by atoms with Gasteiger partial charge in [0.2, 0.25) is 5.28 Å². The van der Waals surface area contributed by atoms with Crippen LogP contribution in [0.3, 0.4) is 0 Å². The molecule has 2 saturated heterocycles. The number of ether oxygens (including phenoxy) is 2. The van der Waals surface area contributed by atoms with Gasteiger partial charge < -0.3 is 30.1 Å². The van der Waals surface area contributed by atoms with Gasteiger partial charge in [0.1, 0.15) is 12.2 Å². The molecule has 32 heavy (non-hydrogen) atoms. The minimum atomic E-state index is -4.84. The fourth-order valence-corrected chi connectivity index (χ4v) is 3.54. The molecule has 4 N–H and O–H groups in total. The molecule has 2 aliphatic heterocycles. The lowest BCUT2D eigenvalue weighted by Crippen LogP contribution is -2.40. The van der Waals surface area contributed by atoms with Crippen LogP contribution in [0.2, 0.25) is 5.28 Å². The van der Waals surface area contributed by atoms with E-state index in [0.717, 1.165) is 24.3 Å². The number of rotatable bonds is 3. The molecule has 0 aromatic carbocycles. The number of carboxylic acid groups (broad SMARTS) is 1. The molecule has 0 spiro atoms. The van der Waals surface area contributed by atoms with Gasteiger partial charge in [-0.15, -0.1) is 0 Å². The first-order valence-electron chi connectivity index (χ1n) is 9.51. The van der Waals surface area contributed by atoms with E-state index in [9.17, 15) is 23.4 Å². The van der Waals surface area contributed by atoms with Gasteiger partial charge in [-0.05, 0) is 24.4 Å². The molecule has 0 unspecified atom stereocenters. The number of halogens is 4. The predicted molar refractivity (Wildman–Crippen MR) is 103 cm³/mol. The van der Waals surface area contributed by atoms with Crippen LogP contribution in [-0.2, 0) is 14.3 Å². The molecule has 0 aliphatic carbocycles. The molecule has 0 bridgehead atoms. The van der Waals surface area contributed by atoms with Crippen LogP contribution in [0.1, 0.15) is 26.0 Å². The number of aromatic nitrogens is 4. The Balaban J connectivity index is 0.000000668. The average molecular weight is 484 g/mol. The summed E-state index contributed by atoms with van der Waals surface area (Å²) in [6.45, 7) is 2.26. The van der Waals surface area contributed by atoms with Crippen molar-refractivity contribution in [2.24, 2.45) is 0 Å². The normalized spacial score (nSPS) is 26.6. The maximum absolute atomic E-state index is 13.0. The van der Waals surface area contributed by atoms with Crippen LogP contribution in [0.4, 0.5) is 19.0 Å². The molecular weight excluding hydrogens is 463 g/mol. The zero-order valence-electron chi connectivity index (χ0n) is 16.7. The first-order chi connectivity index (χ1) is 15.0. The molecule has 0 radical (unpaired) electrons. The van der Waals surface area contributed by atoms with Crippen LogP contribution in [0.5, 0.6) is 0 Å². The molecule has 178 valence electrons. The van der Waals surface area contributed by atoms with Crippen LogP contribution in [0.15, 0.2) is 6.33 Å². The maximum atomic E-state index is 13.0. The van der Waals surface area contributed by atoms with Gasteiger partial charge in [0.15, 0.2) is 29.3 Å². The summed E-state index contributed by atoms with van der Waals surface area (Å²) in [5.41, 5.74) is 0.338. The van der Waals surface area contributed by atoms with Crippen molar-refractivity contribution in [3.8, 4) is 0 Å². The number of carbonyl (C=O) groups is 1. The van der Waals surface area contributed by atoms with Crippen molar-refractivity contribution in [1.82, 2.24) is 19.5 Å². The summed E-state index contributed by atoms with van der Waals surface area (Å²) in [4.78, 5) is 21.3. The number of aliphatic hydroxyl groups excluding tert-OH is 2. The number of imidazole rings is 1. The molecule has 4 rings (SSSR count). The highest BCUT2D eigenvalue weighted by Gasteiger charge is 2.56. The van der Waals surface area contributed by atoms with Gasteiger partial charge in [-0.1, -0.05) is 0 Å². The van der Waals surface area contributed by atoms with Crippen molar-refractivity contribution in [1.29, 1.82) is 0 Å². The van der Waals surface area contributed by atoms with E-state index in [4.69, 9.17) is 31.0 Å². The van der Waals surface area contributed by atoms with Crippen molar-refractivity contribution in [3.05, 3.63) is 11.6 Å². The highest BCUT2D eigenvalue weighted by molar-refractivity contribution is 6.28. The number of anilines is 1. The van der Waals surface area contributed by atoms with E-state index < -0.39 is 36.7 Å². The SMILES string of the molecule is CC(=O)O.O[C@@H]1[C@H](O)[C@@H](C(F)(F)F)O[C@H]1n1cnc2c(NC3CCOCC3)nc(Cl)nc21. The van der Waals surface area contributed by atoms with E-state index in [2.05, 4.69) is 20.3 Å². The molecule has 2 aliphatic rings. The van der Waals surface area contributed by atoms with Gasteiger partial charge in [0.05, 0.1) is 6.33 Å². The first-order valence-corrected chi connectivity index (χ1v) is 9.89. The van der Waals surface area contributed by atoms with E-state index in [1.54, 1.807) is 0 Å². The summed E-state index contributed by atoms with van der Waals surface area (Å²) in [5.74, 6) is -0.513. The van der Waals surface area contributed by atoms with E-state index in [0.29, 0.717) is 19.0 Å². The van der Waals surface area contributed by atoms with E-state index in [1.807, 2.05) is 0 Å². The Hall–Kier alpha value is -2.26. The zero-order valence-corrected chi connectivity index (χ0v) is 17.4. The van der Waals surface area contributed by atoms with Crippen molar-refractivity contribution < 1.29 is 42.8 Å². The monoisotopic (exact) mass is 483 g/mol. The maximum Gasteiger partial charge on any atom is 0.417 e.